The molecule has 4 N–H and O–H groups in total. The molecule has 1 amide bonds. The lowest BCUT2D eigenvalue weighted by molar-refractivity contribution is -0.141. The Hall–Kier alpha value is -2.11. The number of hydrogen-bond donors (Lipinski definition) is 3. The van der Waals surface area contributed by atoms with Crippen LogP contribution in [0, 0.1) is 5.92 Å². The highest BCUT2D eigenvalue weighted by molar-refractivity contribution is 5.91. The molecule has 0 saturated heterocycles. The van der Waals surface area contributed by atoms with Gasteiger partial charge < -0.3 is 16.2 Å². The van der Waals surface area contributed by atoms with Crippen LogP contribution >= 0.6 is 0 Å². The Kier molecular flexibility index (Phi) is 5.96. The minimum atomic E-state index is -0.758. The van der Waals surface area contributed by atoms with Crippen LogP contribution in [0.3, 0.4) is 0 Å². The van der Waals surface area contributed by atoms with Gasteiger partial charge in [-0.2, -0.15) is 0 Å². The number of carbonyl (C=O) groups excluding carboxylic acids is 1. The molecule has 0 bridgehead atoms. The topological polar surface area (TPSA) is 105 Å². The van der Waals surface area contributed by atoms with Crippen molar-refractivity contribution < 1.29 is 14.7 Å². The predicted molar refractivity (Wildman–Crippen MR) is 76.5 cm³/mol. The number of amides is 1. The molecular formula is C14H21N3O3. The Morgan fingerprint density at radius 1 is 1.40 bits per heavy atom. The van der Waals surface area contributed by atoms with E-state index in [0.717, 1.165) is 18.5 Å². The van der Waals surface area contributed by atoms with Crippen LogP contribution in [0.15, 0.2) is 18.3 Å². The lowest BCUT2D eigenvalue weighted by Crippen LogP contribution is -2.18. The normalized spacial score (nSPS) is 13.5. The molecule has 1 aromatic rings. The molecule has 20 heavy (non-hydrogen) atoms. The van der Waals surface area contributed by atoms with E-state index >= 15 is 0 Å². The van der Waals surface area contributed by atoms with Gasteiger partial charge in [0.1, 0.15) is 5.69 Å². The van der Waals surface area contributed by atoms with E-state index in [1.807, 2.05) is 6.92 Å². The zero-order chi connectivity index (χ0) is 15.1. The molecule has 0 aliphatic rings. The maximum Gasteiger partial charge on any atom is 0.306 e. The number of primary amides is 1. The van der Waals surface area contributed by atoms with E-state index in [1.54, 1.807) is 19.1 Å². The molecule has 0 aromatic carbocycles. The number of aliphatic carboxylic acids is 1. The van der Waals surface area contributed by atoms with E-state index in [1.165, 1.54) is 6.20 Å². The van der Waals surface area contributed by atoms with Crippen LogP contribution in [-0.4, -0.2) is 28.0 Å². The van der Waals surface area contributed by atoms with E-state index in [9.17, 15) is 9.59 Å². The van der Waals surface area contributed by atoms with Crippen LogP contribution in [0.25, 0.3) is 0 Å². The van der Waals surface area contributed by atoms with Gasteiger partial charge in [-0.25, -0.2) is 0 Å². The van der Waals surface area contributed by atoms with Crippen LogP contribution in [0.1, 0.15) is 43.6 Å². The molecule has 1 heterocycles. The lowest BCUT2D eigenvalue weighted by Gasteiger charge is -2.16. The van der Waals surface area contributed by atoms with Crippen molar-refractivity contribution in [2.75, 3.05) is 5.32 Å². The summed E-state index contributed by atoms with van der Waals surface area (Å²) >= 11 is 0. The number of hydrogen-bond acceptors (Lipinski definition) is 4. The quantitative estimate of drug-likeness (QED) is 0.673. The summed E-state index contributed by atoms with van der Waals surface area (Å²) in [4.78, 5) is 25.6. The minimum absolute atomic E-state index is 0.180. The number of carbonyl (C=O) groups is 2. The first-order chi connectivity index (χ1) is 9.40. The van der Waals surface area contributed by atoms with Crippen LogP contribution in [0.2, 0.25) is 0 Å². The Bertz CT molecular complexity index is 476. The van der Waals surface area contributed by atoms with E-state index in [-0.39, 0.29) is 17.7 Å². The van der Waals surface area contributed by atoms with Gasteiger partial charge in [0.05, 0.1) is 5.92 Å². The molecule has 0 fully saturated rings. The maximum absolute atomic E-state index is 11.0. The molecule has 0 saturated carbocycles. The van der Waals surface area contributed by atoms with Crippen molar-refractivity contribution in [1.29, 1.82) is 0 Å². The fraction of sp³-hybridized carbons (Fsp3) is 0.500. The lowest BCUT2D eigenvalue weighted by atomic mass is 10.0. The van der Waals surface area contributed by atoms with Gasteiger partial charge in [0.2, 0.25) is 0 Å². The van der Waals surface area contributed by atoms with Gasteiger partial charge in [0, 0.05) is 17.9 Å². The third-order valence-corrected chi connectivity index (χ3v) is 3.12. The van der Waals surface area contributed by atoms with Gasteiger partial charge >= 0.3 is 5.97 Å². The molecule has 6 heteroatoms. The Morgan fingerprint density at radius 2 is 2.10 bits per heavy atom. The molecular weight excluding hydrogens is 258 g/mol. The number of rotatable bonds is 8. The minimum Gasteiger partial charge on any atom is -0.481 e. The molecule has 0 aliphatic carbocycles. The molecule has 6 nitrogen and oxygen atoms in total. The number of nitrogens with one attached hydrogen (secondary N) is 1. The highest BCUT2D eigenvalue weighted by Crippen LogP contribution is 2.14. The van der Waals surface area contributed by atoms with Gasteiger partial charge in [-0.05, 0) is 31.9 Å². The first-order valence-electron chi connectivity index (χ1n) is 6.65. The van der Waals surface area contributed by atoms with Gasteiger partial charge in [-0.1, -0.05) is 13.3 Å². The first-order valence-corrected chi connectivity index (χ1v) is 6.65. The number of carboxylic acid groups (broad SMARTS) is 1. The number of carboxylic acids is 1. The Morgan fingerprint density at radius 3 is 2.70 bits per heavy atom. The summed E-state index contributed by atoms with van der Waals surface area (Å²) in [7, 11) is 0. The summed E-state index contributed by atoms with van der Waals surface area (Å²) in [5.41, 5.74) is 6.18. The van der Waals surface area contributed by atoms with Crippen LogP contribution in [-0.2, 0) is 4.79 Å². The van der Waals surface area contributed by atoms with Gasteiger partial charge in [-0.3, -0.25) is 14.6 Å². The van der Waals surface area contributed by atoms with Crippen molar-refractivity contribution in [3.05, 3.63) is 24.0 Å². The number of nitrogens with two attached hydrogens (primary N) is 1. The largest absolute Gasteiger partial charge is 0.481 e. The number of aromatic nitrogens is 1. The highest BCUT2D eigenvalue weighted by Gasteiger charge is 2.11. The summed E-state index contributed by atoms with van der Waals surface area (Å²) in [6.45, 7) is 3.72. The molecule has 2 atom stereocenters. The zero-order valence-electron chi connectivity index (χ0n) is 11.8. The van der Waals surface area contributed by atoms with Crippen LogP contribution in [0.4, 0.5) is 5.69 Å². The monoisotopic (exact) mass is 279 g/mol. The van der Waals surface area contributed by atoms with E-state index < -0.39 is 11.9 Å². The van der Waals surface area contributed by atoms with Crippen molar-refractivity contribution in [1.82, 2.24) is 4.98 Å². The summed E-state index contributed by atoms with van der Waals surface area (Å²) in [5, 5.41) is 12.0. The average Bonchev–Trinajstić information content (AvgIpc) is 2.38. The second kappa shape index (κ2) is 7.47. The molecule has 1 rings (SSSR count). The fourth-order valence-electron chi connectivity index (χ4n) is 1.87. The smallest absolute Gasteiger partial charge is 0.306 e. The SMILES string of the molecule is CC(CCCC(C)C(=O)O)Nc1ccnc(C(N)=O)c1. The fourth-order valence-corrected chi connectivity index (χ4v) is 1.87. The van der Waals surface area contributed by atoms with Crippen molar-refractivity contribution in [2.45, 2.75) is 39.2 Å². The van der Waals surface area contributed by atoms with Gasteiger partial charge in [0.25, 0.3) is 5.91 Å². The third-order valence-electron chi connectivity index (χ3n) is 3.12. The van der Waals surface area contributed by atoms with Crippen molar-refractivity contribution in [3.8, 4) is 0 Å². The maximum atomic E-state index is 11.0. The Labute approximate surface area is 118 Å². The predicted octanol–water partition coefficient (Wildman–Crippen LogP) is 1.87. The molecule has 2 unspecified atom stereocenters. The summed E-state index contributed by atoms with van der Waals surface area (Å²) < 4.78 is 0. The number of pyridine rings is 1. The standard InChI is InChI=1S/C14H21N3O3/c1-9(14(19)20)4-3-5-10(2)17-11-6-7-16-12(8-11)13(15)18/h6-10H,3-5H2,1-2H3,(H2,15,18)(H,16,17)(H,19,20). The van der Waals surface area contributed by atoms with Gasteiger partial charge in [0.15, 0.2) is 0 Å². The highest BCUT2D eigenvalue weighted by atomic mass is 16.4. The van der Waals surface area contributed by atoms with E-state index in [0.29, 0.717) is 6.42 Å². The molecule has 0 aliphatic heterocycles. The van der Waals surface area contributed by atoms with Crippen LogP contribution < -0.4 is 11.1 Å². The third kappa shape index (κ3) is 5.26. The van der Waals surface area contributed by atoms with Crippen molar-refractivity contribution in [2.24, 2.45) is 11.7 Å². The second-order valence-electron chi connectivity index (χ2n) is 5.01. The van der Waals surface area contributed by atoms with Gasteiger partial charge in [-0.15, -0.1) is 0 Å². The molecule has 110 valence electrons. The summed E-state index contributed by atoms with van der Waals surface area (Å²) in [6.07, 6.45) is 3.87. The summed E-state index contributed by atoms with van der Waals surface area (Å²) in [6, 6.07) is 3.56. The van der Waals surface area contributed by atoms with Crippen molar-refractivity contribution in [3.63, 3.8) is 0 Å². The number of nitrogens with zero attached hydrogens (tertiary/aromatic N) is 1. The van der Waals surface area contributed by atoms with E-state index in [4.69, 9.17) is 10.8 Å². The molecule has 1 aromatic heterocycles. The second-order valence-corrected chi connectivity index (χ2v) is 5.01. The zero-order valence-corrected chi connectivity index (χ0v) is 11.8. The van der Waals surface area contributed by atoms with E-state index in [2.05, 4.69) is 10.3 Å². The Balaban J connectivity index is 2.42. The number of anilines is 1. The summed E-state index contributed by atoms with van der Waals surface area (Å²) in [5.74, 6) is -1.63. The van der Waals surface area contributed by atoms with Crippen LogP contribution in [0.5, 0.6) is 0 Å². The van der Waals surface area contributed by atoms with Crippen molar-refractivity contribution >= 4 is 17.6 Å². The molecule has 0 spiro atoms. The first kappa shape index (κ1) is 15.9. The average molecular weight is 279 g/mol. The molecule has 0 radical (unpaired) electrons.